The van der Waals surface area contributed by atoms with E-state index in [-0.39, 0.29) is 29.3 Å². The Morgan fingerprint density at radius 3 is 2.70 bits per heavy atom. The van der Waals surface area contributed by atoms with E-state index in [1.54, 1.807) is 18.5 Å². The number of likely N-dealkylation sites (tertiary alicyclic amines) is 1. The van der Waals surface area contributed by atoms with Crippen molar-refractivity contribution >= 4 is 11.4 Å². The summed E-state index contributed by atoms with van der Waals surface area (Å²) in [6.45, 7) is 0.126. The normalized spacial score (nSPS) is 16.0. The standard InChI is InChI=1S/C27H28F2N4O4/c1-35-23-10-19(11-24(37-27(28)29)26(23)22(34)9-17-3-4-17)21-13-31-25-12-20(5-8-33(21)25)36-16-18-14-32(15-18)7-2-6-30/h5,8,10-13,17-18,27H,2-4,7,9,14-16H2,1H3. The Morgan fingerprint density at radius 2 is 2.00 bits per heavy atom. The second-order valence-electron chi connectivity index (χ2n) is 9.58. The molecule has 10 heteroatoms. The highest BCUT2D eigenvalue weighted by molar-refractivity contribution is 6.02. The third kappa shape index (κ3) is 5.67. The van der Waals surface area contributed by atoms with Crippen LogP contribution in [0.15, 0.2) is 36.7 Å². The maximum Gasteiger partial charge on any atom is 0.387 e. The molecule has 3 heterocycles. The van der Waals surface area contributed by atoms with Crippen LogP contribution in [-0.2, 0) is 0 Å². The van der Waals surface area contributed by atoms with Crippen molar-refractivity contribution in [3.8, 4) is 34.6 Å². The third-order valence-corrected chi connectivity index (χ3v) is 6.79. The molecule has 1 aliphatic heterocycles. The Hall–Kier alpha value is -3.71. The number of nitrogens with zero attached hydrogens (tertiary/aromatic N) is 4. The minimum Gasteiger partial charge on any atom is -0.496 e. The SMILES string of the molecule is COc1cc(-c2cnc3cc(OCC4CN(CCC#N)C4)ccn23)cc(OC(F)F)c1C(=O)CC1CC1. The highest BCUT2D eigenvalue weighted by atomic mass is 19.3. The molecule has 2 aliphatic rings. The van der Waals surface area contributed by atoms with Gasteiger partial charge >= 0.3 is 6.61 Å². The van der Waals surface area contributed by atoms with Crippen molar-refractivity contribution in [1.82, 2.24) is 14.3 Å². The highest BCUT2D eigenvalue weighted by Crippen LogP contribution is 2.40. The predicted octanol–water partition coefficient (Wildman–Crippen LogP) is 4.82. The molecule has 5 rings (SSSR count). The molecule has 1 aromatic carbocycles. The zero-order valence-electron chi connectivity index (χ0n) is 20.5. The van der Waals surface area contributed by atoms with E-state index in [0.29, 0.717) is 47.5 Å². The third-order valence-electron chi connectivity index (χ3n) is 6.79. The Bertz CT molecular complexity index is 1330. The lowest BCUT2D eigenvalue weighted by Gasteiger charge is -2.38. The number of ether oxygens (including phenoxy) is 3. The van der Waals surface area contributed by atoms with Gasteiger partial charge in [0.05, 0.1) is 31.7 Å². The number of carbonyl (C=O) groups is 1. The van der Waals surface area contributed by atoms with Crippen molar-refractivity contribution in [2.75, 3.05) is 33.4 Å². The average molecular weight is 511 g/mol. The molecule has 0 radical (unpaired) electrons. The monoisotopic (exact) mass is 510 g/mol. The fourth-order valence-electron chi connectivity index (χ4n) is 4.70. The van der Waals surface area contributed by atoms with Crippen molar-refractivity contribution in [3.05, 3.63) is 42.2 Å². The maximum absolute atomic E-state index is 13.3. The lowest BCUT2D eigenvalue weighted by Crippen LogP contribution is -2.49. The van der Waals surface area contributed by atoms with Crippen LogP contribution >= 0.6 is 0 Å². The van der Waals surface area contributed by atoms with Crippen LogP contribution in [0.25, 0.3) is 16.9 Å². The van der Waals surface area contributed by atoms with Gasteiger partial charge in [-0.05, 0) is 37.0 Å². The fraction of sp³-hybridized carbons (Fsp3) is 0.444. The number of benzene rings is 1. The van der Waals surface area contributed by atoms with E-state index in [9.17, 15) is 13.6 Å². The van der Waals surface area contributed by atoms with Crippen LogP contribution in [0.4, 0.5) is 8.78 Å². The first-order chi connectivity index (χ1) is 17.9. The van der Waals surface area contributed by atoms with E-state index in [0.717, 1.165) is 32.5 Å². The van der Waals surface area contributed by atoms with Gasteiger partial charge in [-0.15, -0.1) is 0 Å². The lowest BCUT2D eigenvalue weighted by molar-refractivity contribution is -0.0502. The Labute approximate surface area is 213 Å². The zero-order chi connectivity index (χ0) is 25.9. The van der Waals surface area contributed by atoms with Crippen LogP contribution in [0, 0.1) is 23.2 Å². The van der Waals surface area contributed by atoms with E-state index in [1.807, 2.05) is 16.5 Å². The van der Waals surface area contributed by atoms with Gasteiger partial charge < -0.3 is 19.1 Å². The predicted molar refractivity (Wildman–Crippen MR) is 131 cm³/mol. The van der Waals surface area contributed by atoms with Crippen molar-refractivity contribution < 1.29 is 27.8 Å². The molecule has 1 saturated heterocycles. The van der Waals surface area contributed by atoms with Gasteiger partial charge in [0.15, 0.2) is 5.78 Å². The lowest BCUT2D eigenvalue weighted by atomic mass is 10.00. The number of Topliss-reactive ketones (excluding diaryl/α,β-unsaturated/α-hetero) is 1. The smallest absolute Gasteiger partial charge is 0.387 e. The van der Waals surface area contributed by atoms with Gasteiger partial charge in [0.1, 0.15) is 28.5 Å². The van der Waals surface area contributed by atoms with E-state index in [4.69, 9.17) is 19.5 Å². The topological polar surface area (TPSA) is 89.1 Å². The van der Waals surface area contributed by atoms with Crippen molar-refractivity contribution in [3.63, 3.8) is 0 Å². The summed E-state index contributed by atoms with van der Waals surface area (Å²) >= 11 is 0. The number of nitriles is 1. The van der Waals surface area contributed by atoms with E-state index in [1.165, 1.54) is 13.2 Å². The second kappa shape index (κ2) is 10.7. The van der Waals surface area contributed by atoms with Gasteiger partial charge in [-0.1, -0.05) is 0 Å². The molecule has 1 saturated carbocycles. The number of rotatable bonds is 12. The quantitative estimate of drug-likeness (QED) is 0.323. The molecule has 8 nitrogen and oxygen atoms in total. The summed E-state index contributed by atoms with van der Waals surface area (Å²) in [5, 5.41) is 8.69. The number of fused-ring (bicyclic) bond motifs is 1. The number of carbonyl (C=O) groups excluding carboxylic acids is 1. The molecular formula is C27H28F2N4O4. The first-order valence-electron chi connectivity index (χ1n) is 12.3. The Morgan fingerprint density at radius 1 is 1.22 bits per heavy atom. The fourth-order valence-corrected chi connectivity index (χ4v) is 4.70. The van der Waals surface area contributed by atoms with Gasteiger partial charge in [-0.3, -0.25) is 9.20 Å². The van der Waals surface area contributed by atoms with Crippen LogP contribution in [-0.4, -0.2) is 60.0 Å². The molecule has 3 aromatic rings. The van der Waals surface area contributed by atoms with Crippen molar-refractivity contribution in [2.24, 2.45) is 11.8 Å². The number of halogens is 2. The van der Waals surface area contributed by atoms with E-state index < -0.39 is 6.61 Å². The molecule has 0 unspecified atom stereocenters. The van der Waals surface area contributed by atoms with Gasteiger partial charge in [0, 0.05) is 56.2 Å². The summed E-state index contributed by atoms with van der Waals surface area (Å²) in [7, 11) is 1.40. The largest absolute Gasteiger partial charge is 0.496 e. The summed E-state index contributed by atoms with van der Waals surface area (Å²) in [6, 6.07) is 8.90. The molecule has 2 fully saturated rings. The summed E-state index contributed by atoms with van der Waals surface area (Å²) < 4.78 is 44.5. The number of alkyl halides is 2. The number of hydrogen-bond donors (Lipinski definition) is 0. The number of pyridine rings is 1. The van der Waals surface area contributed by atoms with Gasteiger partial charge in [0.25, 0.3) is 0 Å². The molecular weight excluding hydrogens is 482 g/mol. The van der Waals surface area contributed by atoms with Gasteiger partial charge in [-0.25, -0.2) is 4.98 Å². The van der Waals surface area contributed by atoms with Crippen molar-refractivity contribution in [2.45, 2.75) is 32.3 Å². The Kier molecular flexibility index (Phi) is 7.24. The number of methoxy groups -OCH3 is 1. The molecule has 37 heavy (non-hydrogen) atoms. The maximum atomic E-state index is 13.3. The minimum atomic E-state index is -3.08. The average Bonchev–Trinajstić information content (AvgIpc) is 3.56. The van der Waals surface area contributed by atoms with E-state index in [2.05, 4.69) is 16.0 Å². The summed E-state index contributed by atoms with van der Waals surface area (Å²) in [5.41, 5.74) is 1.84. The molecule has 0 amide bonds. The first kappa shape index (κ1) is 25.0. The molecule has 0 atom stereocenters. The van der Waals surface area contributed by atoms with Crippen LogP contribution in [0.1, 0.15) is 36.0 Å². The summed E-state index contributed by atoms with van der Waals surface area (Å²) in [5.74, 6) is 1.12. The minimum absolute atomic E-state index is 0.0464. The molecule has 194 valence electrons. The second-order valence-corrected chi connectivity index (χ2v) is 9.58. The van der Waals surface area contributed by atoms with Crippen LogP contribution < -0.4 is 14.2 Å². The van der Waals surface area contributed by atoms with E-state index >= 15 is 0 Å². The van der Waals surface area contributed by atoms with Crippen LogP contribution in [0.2, 0.25) is 0 Å². The molecule has 0 spiro atoms. The van der Waals surface area contributed by atoms with Gasteiger partial charge in [-0.2, -0.15) is 14.0 Å². The molecule has 0 bridgehead atoms. The zero-order valence-corrected chi connectivity index (χ0v) is 20.5. The van der Waals surface area contributed by atoms with Crippen LogP contribution in [0.5, 0.6) is 17.2 Å². The number of imidazole rings is 1. The highest BCUT2D eigenvalue weighted by Gasteiger charge is 2.30. The molecule has 1 aliphatic carbocycles. The summed E-state index contributed by atoms with van der Waals surface area (Å²) in [4.78, 5) is 19.6. The summed E-state index contributed by atoms with van der Waals surface area (Å²) in [6.07, 6.45) is 6.18. The van der Waals surface area contributed by atoms with Gasteiger partial charge in [0.2, 0.25) is 0 Å². The number of ketones is 1. The molecule has 0 N–H and O–H groups in total. The van der Waals surface area contributed by atoms with Crippen molar-refractivity contribution in [1.29, 1.82) is 5.26 Å². The number of hydrogen-bond acceptors (Lipinski definition) is 7. The Balaban J connectivity index is 1.36. The number of aromatic nitrogens is 2. The first-order valence-corrected chi connectivity index (χ1v) is 12.3. The molecule has 2 aromatic heterocycles. The van der Waals surface area contributed by atoms with Crippen LogP contribution in [0.3, 0.4) is 0 Å².